The van der Waals surface area contributed by atoms with Crippen molar-refractivity contribution in [3.8, 4) is 11.5 Å². The van der Waals surface area contributed by atoms with Gasteiger partial charge in [0.25, 0.3) is 0 Å². The fourth-order valence-electron chi connectivity index (χ4n) is 2.01. The average Bonchev–Trinajstić information content (AvgIpc) is 2.56. The molecular formula is C17H15ClN2O2. The molecule has 2 aromatic carbocycles. The fraction of sp³-hybridized carbons (Fsp3) is 0.176. The fourth-order valence-corrected chi connectivity index (χ4v) is 2.14. The summed E-state index contributed by atoms with van der Waals surface area (Å²) in [6, 6.07) is 13.1. The summed E-state index contributed by atoms with van der Waals surface area (Å²) in [7, 11) is 0. The quantitative estimate of drug-likeness (QED) is 0.642. The summed E-state index contributed by atoms with van der Waals surface area (Å²) >= 11 is 5.82. The Labute approximate surface area is 133 Å². The molecule has 3 rings (SSSR count). The van der Waals surface area contributed by atoms with E-state index in [4.69, 9.17) is 21.1 Å². The van der Waals surface area contributed by atoms with E-state index in [9.17, 15) is 0 Å². The maximum atomic E-state index is 5.82. The van der Waals surface area contributed by atoms with Crippen molar-refractivity contribution in [1.82, 2.24) is 9.97 Å². The molecule has 0 fully saturated rings. The predicted molar refractivity (Wildman–Crippen MR) is 86.6 cm³/mol. The van der Waals surface area contributed by atoms with Gasteiger partial charge in [-0.2, -0.15) is 0 Å². The highest BCUT2D eigenvalue weighted by Crippen LogP contribution is 2.18. The number of rotatable bonds is 6. The molecule has 0 unspecified atom stereocenters. The number of nitrogens with zero attached hydrogens (tertiary/aromatic N) is 2. The van der Waals surface area contributed by atoms with E-state index in [0.717, 1.165) is 28.8 Å². The lowest BCUT2D eigenvalue weighted by Gasteiger charge is -2.08. The smallest absolute Gasteiger partial charge is 0.121 e. The van der Waals surface area contributed by atoms with Crippen molar-refractivity contribution >= 4 is 22.5 Å². The zero-order valence-corrected chi connectivity index (χ0v) is 12.7. The molecule has 0 aliphatic carbocycles. The second-order valence-electron chi connectivity index (χ2n) is 4.75. The van der Waals surface area contributed by atoms with Gasteiger partial charge in [-0.25, -0.2) is 9.97 Å². The summed E-state index contributed by atoms with van der Waals surface area (Å²) in [6.07, 6.45) is 4.11. The van der Waals surface area contributed by atoms with Gasteiger partial charge in [0.1, 0.15) is 17.8 Å². The van der Waals surface area contributed by atoms with Crippen molar-refractivity contribution in [2.45, 2.75) is 6.42 Å². The maximum Gasteiger partial charge on any atom is 0.121 e. The normalized spacial score (nSPS) is 10.6. The van der Waals surface area contributed by atoms with Crippen molar-refractivity contribution < 1.29 is 9.47 Å². The van der Waals surface area contributed by atoms with Crippen LogP contribution in [-0.2, 0) is 0 Å². The molecule has 0 bridgehead atoms. The van der Waals surface area contributed by atoms with Crippen LogP contribution in [0.3, 0.4) is 0 Å². The molecule has 0 radical (unpaired) electrons. The van der Waals surface area contributed by atoms with Gasteiger partial charge in [-0.15, -0.1) is 0 Å². The third kappa shape index (κ3) is 3.86. The Kier molecular flexibility index (Phi) is 4.71. The van der Waals surface area contributed by atoms with E-state index < -0.39 is 0 Å². The van der Waals surface area contributed by atoms with Crippen LogP contribution in [0.15, 0.2) is 55.0 Å². The van der Waals surface area contributed by atoms with Gasteiger partial charge in [-0.1, -0.05) is 11.6 Å². The summed E-state index contributed by atoms with van der Waals surface area (Å²) < 4.78 is 11.3. The van der Waals surface area contributed by atoms with E-state index >= 15 is 0 Å². The summed E-state index contributed by atoms with van der Waals surface area (Å²) in [6.45, 7) is 1.18. The molecule has 4 nitrogen and oxygen atoms in total. The molecule has 0 aliphatic heterocycles. The first-order valence-corrected chi connectivity index (χ1v) is 7.40. The third-order valence-corrected chi connectivity index (χ3v) is 3.37. The number of halogens is 1. The van der Waals surface area contributed by atoms with E-state index in [1.165, 1.54) is 6.33 Å². The molecule has 3 aromatic rings. The van der Waals surface area contributed by atoms with Crippen molar-refractivity contribution in [3.05, 3.63) is 60.0 Å². The Bertz CT molecular complexity index is 747. The SMILES string of the molecule is Clc1ccc(OCCCOc2ccc3cncnc3c2)cc1. The van der Waals surface area contributed by atoms with Gasteiger partial charge in [0, 0.05) is 29.1 Å². The zero-order chi connectivity index (χ0) is 15.2. The topological polar surface area (TPSA) is 44.2 Å². The van der Waals surface area contributed by atoms with Gasteiger partial charge in [-0.3, -0.25) is 0 Å². The first kappa shape index (κ1) is 14.6. The molecule has 0 saturated heterocycles. The first-order chi connectivity index (χ1) is 10.8. The van der Waals surface area contributed by atoms with Gasteiger partial charge >= 0.3 is 0 Å². The van der Waals surface area contributed by atoms with Crippen molar-refractivity contribution in [3.63, 3.8) is 0 Å². The molecule has 0 atom stereocenters. The second kappa shape index (κ2) is 7.09. The van der Waals surface area contributed by atoms with Gasteiger partial charge < -0.3 is 9.47 Å². The van der Waals surface area contributed by atoms with Crippen LogP contribution < -0.4 is 9.47 Å². The summed E-state index contributed by atoms with van der Waals surface area (Å²) in [5.74, 6) is 1.62. The molecule has 22 heavy (non-hydrogen) atoms. The molecule has 0 saturated carbocycles. The number of fused-ring (bicyclic) bond motifs is 1. The number of hydrogen-bond acceptors (Lipinski definition) is 4. The average molecular weight is 315 g/mol. The Balaban J connectivity index is 1.45. The van der Waals surface area contributed by atoms with Crippen LogP contribution in [0.25, 0.3) is 10.9 Å². The second-order valence-corrected chi connectivity index (χ2v) is 5.18. The number of benzene rings is 2. The standard InChI is InChI=1S/C17H15ClN2O2/c18-14-3-6-15(7-4-14)21-8-1-9-22-16-5-2-13-11-19-12-20-17(13)10-16/h2-7,10-12H,1,8-9H2. The molecule has 112 valence electrons. The van der Waals surface area contributed by atoms with E-state index in [0.29, 0.717) is 18.2 Å². The molecular weight excluding hydrogens is 300 g/mol. The minimum absolute atomic E-state index is 0.587. The molecule has 0 aliphatic rings. The van der Waals surface area contributed by atoms with Gasteiger partial charge in [0.2, 0.25) is 0 Å². The molecule has 0 N–H and O–H groups in total. The summed E-state index contributed by atoms with van der Waals surface area (Å²) in [5.41, 5.74) is 0.880. The Morgan fingerprint density at radius 2 is 1.64 bits per heavy atom. The van der Waals surface area contributed by atoms with Gasteiger partial charge in [0.15, 0.2) is 0 Å². The van der Waals surface area contributed by atoms with Crippen LogP contribution in [0.4, 0.5) is 0 Å². The van der Waals surface area contributed by atoms with Crippen molar-refractivity contribution in [2.24, 2.45) is 0 Å². The highest BCUT2D eigenvalue weighted by molar-refractivity contribution is 6.30. The van der Waals surface area contributed by atoms with E-state index in [1.54, 1.807) is 6.20 Å². The largest absolute Gasteiger partial charge is 0.493 e. The van der Waals surface area contributed by atoms with Crippen molar-refractivity contribution in [2.75, 3.05) is 13.2 Å². The molecule has 0 amide bonds. The predicted octanol–water partition coefficient (Wildman–Crippen LogP) is 4.13. The molecule has 1 aromatic heterocycles. The highest BCUT2D eigenvalue weighted by atomic mass is 35.5. The number of aromatic nitrogens is 2. The van der Waals surface area contributed by atoms with Crippen LogP contribution in [0.2, 0.25) is 5.02 Å². The lowest BCUT2D eigenvalue weighted by molar-refractivity contribution is 0.247. The van der Waals surface area contributed by atoms with Gasteiger partial charge in [0.05, 0.1) is 18.7 Å². The molecule has 5 heteroatoms. The zero-order valence-electron chi connectivity index (χ0n) is 11.9. The summed E-state index contributed by atoms with van der Waals surface area (Å²) in [5, 5.41) is 1.71. The first-order valence-electron chi connectivity index (χ1n) is 7.02. The highest BCUT2D eigenvalue weighted by Gasteiger charge is 1.99. The lowest BCUT2D eigenvalue weighted by Crippen LogP contribution is -2.05. The minimum Gasteiger partial charge on any atom is -0.493 e. The van der Waals surface area contributed by atoms with Crippen molar-refractivity contribution in [1.29, 1.82) is 0 Å². The third-order valence-electron chi connectivity index (χ3n) is 3.12. The number of ether oxygens (including phenoxy) is 2. The van der Waals surface area contributed by atoms with E-state index in [2.05, 4.69) is 9.97 Å². The molecule has 0 spiro atoms. The van der Waals surface area contributed by atoms with Crippen LogP contribution in [-0.4, -0.2) is 23.2 Å². The van der Waals surface area contributed by atoms with Crippen LogP contribution in [0, 0.1) is 0 Å². The van der Waals surface area contributed by atoms with E-state index in [1.807, 2.05) is 42.5 Å². The molecule has 1 heterocycles. The number of hydrogen-bond donors (Lipinski definition) is 0. The maximum absolute atomic E-state index is 5.82. The Morgan fingerprint density at radius 3 is 2.45 bits per heavy atom. The lowest BCUT2D eigenvalue weighted by atomic mass is 10.2. The Morgan fingerprint density at radius 1 is 0.909 bits per heavy atom. The van der Waals surface area contributed by atoms with Crippen LogP contribution in [0.5, 0.6) is 11.5 Å². The monoisotopic (exact) mass is 314 g/mol. The minimum atomic E-state index is 0.587. The van der Waals surface area contributed by atoms with E-state index in [-0.39, 0.29) is 0 Å². The van der Waals surface area contributed by atoms with Crippen LogP contribution >= 0.6 is 11.6 Å². The Hall–Kier alpha value is -2.33. The van der Waals surface area contributed by atoms with Gasteiger partial charge in [-0.05, 0) is 36.4 Å². The van der Waals surface area contributed by atoms with Crippen LogP contribution in [0.1, 0.15) is 6.42 Å². The summed E-state index contributed by atoms with van der Waals surface area (Å²) in [4.78, 5) is 8.19.